The molecule has 1 aliphatic carbocycles. The number of pyridine rings is 3. The SMILES string of the molecule is CC1(C)OB(c2cnc3[nH]ccc3c2)OC1(C)C.O=c1[nH]c2cc(-c3cnc4[nH]ccc4c3)cnc2n1C1=CCCCC1. The Bertz CT molecular complexity index is 2030. The molecule has 0 unspecified atom stereocenters. The summed E-state index contributed by atoms with van der Waals surface area (Å²) in [4.78, 5) is 34.9. The van der Waals surface area contributed by atoms with E-state index < -0.39 is 0 Å². The van der Waals surface area contributed by atoms with Gasteiger partial charge in [0.1, 0.15) is 11.3 Å². The summed E-state index contributed by atoms with van der Waals surface area (Å²) >= 11 is 0. The van der Waals surface area contributed by atoms with Gasteiger partial charge in [0.15, 0.2) is 5.65 Å². The van der Waals surface area contributed by atoms with Gasteiger partial charge in [-0.15, -0.1) is 0 Å². The molecule has 7 heterocycles. The highest BCUT2D eigenvalue weighted by atomic mass is 16.7. The highest BCUT2D eigenvalue weighted by molar-refractivity contribution is 6.62. The van der Waals surface area contributed by atoms with E-state index in [2.05, 4.69) is 75.8 Å². The fourth-order valence-corrected chi connectivity index (χ4v) is 5.61. The zero-order valence-corrected chi connectivity index (χ0v) is 24.8. The summed E-state index contributed by atoms with van der Waals surface area (Å²) in [6.07, 6.45) is 15.6. The zero-order valence-electron chi connectivity index (χ0n) is 24.8. The predicted molar refractivity (Wildman–Crippen MR) is 170 cm³/mol. The lowest BCUT2D eigenvalue weighted by Gasteiger charge is -2.32. The zero-order chi connectivity index (χ0) is 29.8. The maximum absolute atomic E-state index is 12.4. The molecule has 8 rings (SSSR count). The Morgan fingerprint density at radius 1 is 0.837 bits per heavy atom. The van der Waals surface area contributed by atoms with E-state index in [1.54, 1.807) is 10.8 Å². The lowest BCUT2D eigenvalue weighted by molar-refractivity contribution is 0.00578. The molecule has 10 nitrogen and oxygen atoms in total. The van der Waals surface area contributed by atoms with Gasteiger partial charge in [-0.2, -0.15) is 0 Å². The molecule has 0 spiro atoms. The molecule has 43 heavy (non-hydrogen) atoms. The molecule has 1 fully saturated rings. The van der Waals surface area contributed by atoms with Gasteiger partial charge >= 0.3 is 12.8 Å². The molecule has 0 radical (unpaired) electrons. The largest absolute Gasteiger partial charge is 0.496 e. The first-order valence-corrected chi connectivity index (χ1v) is 14.7. The molecule has 6 aromatic heterocycles. The van der Waals surface area contributed by atoms with Crippen molar-refractivity contribution in [3.05, 3.63) is 77.9 Å². The maximum atomic E-state index is 12.4. The number of aromatic nitrogens is 7. The van der Waals surface area contributed by atoms with E-state index in [1.807, 2.05) is 43.0 Å². The van der Waals surface area contributed by atoms with Crippen molar-refractivity contribution in [1.29, 1.82) is 0 Å². The van der Waals surface area contributed by atoms with Crippen LogP contribution in [0.4, 0.5) is 0 Å². The van der Waals surface area contributed by atoms with Crippen LogP contribution in [0.1, 0.15) is 53.4 Å². The first-order valence-electron chi connectivity index (χ1n) is 14.7. The quantitative estimate of drug-likeness (QED) is 0.238. The molecule has 2 aliphatic rings. The average molecular weight is 575 g/mol. The Balaban J connectivity index is 0.000000148. The Hall–Kier alpha value is -4.48. The lowest BCUT2D eigenvalue weighted by atomic mass is 9.80. The third kappa shape index (κ3) is 4.98. The van der Waals surface area contributed by atoms with Gasteiger partial charge in [0.25, 0.3) is 0 Å². The number of hydrogen-bond donors (Lipinski definition) is 3. The van der Waals surface area contributed by atoms with Gasteiger partial charge in [-0.05, 0) is 83.7 Å². The van der Waals surface area contributed by atoms with E-state index in [0.717, 1.165) is 69.1 Å². The van der Waals surface area contributed by atoms with Crippen LogP contribution >= 0.6 is 0 Å². The van der Waals surface area contributed by atoms with E-state index in [9.17, 15) is 4.79 Å². The molecule has 0 saturated carbocycles. The van der Waals surface area contributed by atoms with Crippen LogP contribution in [0, 0.1) is 0 Å². The summed E-state index contributed by atoms with van der Waals surface area (Å²) in [5.41, 5.74) is 6.37. The lowest BCUT2D eigenvalue weighted by Crippen LogP contribution is -2.41. The van der Waals surface area contributed by atoms with Crippen molar-refractivity contribution in [2.24, 2.45) is 0 Å². The highest BCUT2D eigenvalue weighted by Gasteiger charge is 2.51. The molecule has 1 saturated heterocycles. The molecular formula is C32H34BN7O3. The van der Waals surface area contributed by atoms with Gasteiger partial charge in [-0.25, -0.2) is 24.3 Å². The number of rotatable bonds is 3. The van der Waals surface area contributed by atoms with Gasteiger partial charge < -0.3 is 24.3 Å². The molecular weight excluding hydrogens is 541 g/mol. The molecule has 218 valence electrons. The predicted octanol–water partition coefficient (Wildman–Crippen LogP) is 5.54. The van der Waals surface area contributed by atoms with Crippen LogP contribution in [0.3, 0.4) is 0 Å². The summed E-state index contributed by atoms with van der Waals surface area (Å²) in [7, 11) is -0.346. The molecule has 11 heteroatoms. The topological polar surface area (TPSA) is 126 Å². The highest BCUT2D eigenvalue weighted by Crippen LogP contribution is 2.36. The van der Waals surface area contributed by atoms with Gasteiger partial charge in [-0.1, -0.05) is 6.08 Å². The van der Waals surface area contributed by atoms with Crippen molar-refractivity contribution in [3.8, 4) is 11.1 Å². The maximum Gasteiger partial charge on any atom is 0.496 e. The van der Waals surface area contributed by atoms with Gasteiger partial charge in [0.2, 0.25) is 0 Å². The van der Waals surface area contributed by atoms with Crippen LogP contribution in [-0.4, -0.2) is 52.8 Å². The molecule has 3 N–H and O–H groups in total. The Labute approximate surface area is 248 Å². The number of nitrogens with zero attached hydrogens (tertiary/aromatic N) is 4. The molecule has 0 bridgehead atoms. The average Bonchev–Trinajstić information content (AvgIpc) is 3.77. The van der Waals surface area contributed by atoms with Crippen molar-refractivity contribution in [2.45, 2.75) is 64.6 Å². The first kappa shape index (κ1) is 27.4. The smallest absolute Gasteiger partial charge is 0.399 e. The molecule has 0 amide bonds. The fourth-order valence-electron chi connectivity index (χ4n) is 5.61. The number of hydrogen-bond acceptors (Lipinski definition) is 6. The van der Waals surface area contributed by atoms with E-state index in [4.69, 9.17) is 9.31 Å². The number of allylic oxidation sites excluding steroid dienone is 2. The van der Waals surface area contributed by atoms with Crippen molar-refractivity contribution < 1.29 is 9.31 Å². The van der Waals surface area contributed by atoms with Crippen LogP contribution in [0.25, 0.3) is 50.1 Å². The molecule has 1 aliphatic heterocycles. The minimum atomic E-state index is -0.346. The second kappa shape index (κ2) is 10.4. The normalized spacial score (nSPS) is 17.8. The summed E-state index contributed by atoms with van der Waals surface area (Å²) in [5.74, 6) is 0. The number of H-pyrrole nitrogens is 3. The third-order valence-corrected chi connectivity index (χ3v) is 8.76. The van der Waals surface area contributed by atoms with Crippen LogP contribution < -0.4 is 11.2 Å². The Morgan fingerprint density at radius 3 is 2.19 bits per heavy atom. The second-order valence-electron chi connectivity index (χ2n) is 12.2. The minimum absolute atomic E-state index is 0.119. The number of imidazole rings is 1. The molecule has 6 aromatic rings. The standard InChI is InChI=1S/C19H17N5O.C13H17BN2O2/c25-19-23-16-9-14(13-8-12-6-7-20-17(12)21-10-13)11-22-18(16)24(19)15-4-2-1-3-5-15;1-12(2)13(3,4)18-14(17-12)10-7-9-5-6-15-11(9)16-8-10/h4,6-11H,1-3,5H2,(H,20,21)(H,23,25);5-8H,1-4H3,(H,15,16). The van der Waals surface area contributed by atoms with E-state index >= 15 is 0 Å². The van der Waals surface area contributed by atoms with Crippen LogP contribution in [-0.2, 0) is 9.31 Å². The van der Waals surface area contributed by atoms with Gasteiger partial charge in [0, 0.05) is 64.0 Å². The fraction of sp³-hybridized carbons (Fsp3) is 0.312. The second-order valence-corrected chi connectivity index (χ2v) is 12.2. The van der Waals surface area contributed by atoms with Crippen molar-refractivity contribution in [1.82, 2.24) is 34.5 Å². The van der Waals surface area contributed by atoms with E-state index in [-0.39, 0.29) is 24.0 Å². The molecule has 0 aromatic carbocycles. The van der Waals surface area contributed by atoms with E-state index in [1.165, 1.54) is 6.42 Å². The Kier molecular flexibility index (Phi) is 6.59. The van der Waals surface area contributed by atoms with Crippen molar-refractivity contribution in [3.63, 3.8) is 0 Å². The van der Waals surface area contributed by atoms with Crippen LogP contribution in [0.15, 0.2) is 72.2 Å². The Morgan fingerprint density at radius 2 is 1.49 bits per heavy atom. The summed E-state index contributed by atoms with van der Waals surface area (Å²) in [6.45, 7) is 8.20. The van der Waals surface area contributed by atoms with Crippen molar-refractivity contribution in [2.75, 3.05) is 0 Å². The number of fused-ring (bicyclic) bond motifs is 3. The van der Waals surface area contributed by atoms with Crippen LogP contribution in [0.2, 0.25) is 0 Å². The van der Waals surface area contributed by atoms with E-state index in [0.29, 0.717) is 5.65 Å². The number of nitrogens with one attached hydrogen (secondary N) is 3. The van der Waals surface area contributed by atoms with Crippen molar-refractivity contribution >= 4 is 51.5 Å². The van der Waals surface area contributed by atoms with Crippen LogP contribution in [0.5, 0.6) is 0 Å². The third-order valence-electron chi connectivity index (χ3n) is 8.76. The first-order chi connectivity index (χ1) is 20.7. The monoisotopic (exact) mass is 575 g/mol. The summed E-state index contributed by atoms with van der Waals surface area (Å²) in [6, 6.07) is 10.1. The summed E-state index contributed by atoms with van der Waals surface area (Å²) < 4.78 is 13.7. The van der Waals surface area contributed by atoms with Gasteiger partial charge in [-0.3, -0.25) is 0 Å². The minimum Gasteiger partial charge on any atom is -0.399 e. The molecule has 0 atom stereocenters. The number of aromatic amines is 3. The summed E-state index contributed by atoms with van der Waals surface area (Å²) in [5, 5.41) is 2.12. The van der Waals surface area contributed by atoms with Gasteiger partial charge in [0.05, 0.1) is 16.7 Å².